The van der Waals surface area contributed by atoms with E-state index in [0.717, 1.165) is 24.3 Å². The third-order valence-corrected chi connectivity index (χ3v) is 4.85. The molecule has 0 spiro atoms. The number of amides is 1. The summed E-state index contributed by atoms with van der Waals surface area (Å²) in [6, 6.07) is 5.90. The summed E-state index contributed by atoms with van der Waals surface area (Å²) >= 11 is 5.50. The van der Waals surface area contributed by atoms with E-state index in [2.05, 4.69) is 5.32 Å². The molecule has 0 unspecified atom stereocenters. The van der Waals surface area contributed by atoms with Gasteiger partial charge in [0.25, 0.3) is 5.91 Å². The maximum Gasteiger partial charge on any atom is 0.417 e. The van der Waals surface area contributed by atoms with Crippen LogP contribution >= 0.6 is 11.6 Å². The summed E-state index contributed by atoms with van der Waals surface area (Å²) in [4.78, 5) is 23.7. The van der Waals surface area contributed by atoms with Gasteiger partial charge < -0.3 is 14.8 Å². The topological polar surface area (TPSA) is 125 Å². The largest absolute Gasteiger partial charge is 0.496 e. The van der Waals surface area contributed by atoms with Crippen LogP contribution in [0.2, 0.25) is 5.02 Å². The average molecular weight is 467 g/mol. The predicted molar refractivity (Wildman–Crippen MR) is 99.7 cm³/mol. The molecule has 0 bridgehead atoms. The first-order valence-corrected chi connectivity index (χ1v) is 9.80. The quantitative estimate of drug-likeness (QED) is 0.631. The van der Waals surface area contributed by atoms with Crippen molar-refractivity contribution in [2.45, 2.75) is 11.1 Å². The highest BCUT2D eigenvalue weighted by atomic mass is 35.5. The number of carbonyl (C=O) groups is 2. The van der Waals surface area contributed by atoms with Gasteiger partial charge in [-0.1, -0.05) is 11.6 Å². The molecule has 162 valence electrons. The lowest BCUT2D eigenvalue weighted by atomic mass is 10.2. The van der Waals surface area contributed by atoms with E-state index in [-0.39, 0.29) is 21.9 Å². The van der Waals surface area contributed by atoms with Crippen molar-refractivity contribution in [1.82, 2.24) is 0 Å². The number of primary sulfonamides is 1. The number of ether oxygens (including phenoxy) is 2. The van der Waals surface area contributed by atoms with Crippen LogP contribution in [-0.2, 0) is 25.7 Å². The first-order valence-electron chi connectivity index (χ1n) is 7.87. The SMILES string of the molecule is COc1ccc(S(N)(=O)=O)cc1C(=O)OCC(=O)Nc1ccc(Cl)c(C(F)(F)F)c1. The van der Waals surface area contributed by atoms with Crippen molar-refractivity contribution in [3.05, 3.63) is 52.5 Å². The van der Waals surface area contributed by atoms with Crippen LogP contribution in [0.15, 0.2) is 41.3 Å². The van der Waals surface area contributed by atoms with Crippen LogP contribution in [0.1, 0.15) is 15.9 Å². The van der Waals surface area contributed by atoms with Crippen LogP contribution in [0.25, 0.3) is 0 Å². The van der Waals surface area contributed by atoms with Crippen molar-refractivity contribution >= 4 is 39.2 Å². The number of rotatable bonds is 6. The molecule has 2 aromatic carbocycles. The Kier molecular flexibility index (Phi) is 6.95. The minimum Gasteiger partial charge on any atom is -0.496 e. The maximum absolute atomic E-state index is 12.9. The van der Waals surface area contributed by atoms with E-state index in [4.69, 9.17) is 26.2 Å². The summed E-state index contributed by atoms with van der Waals surface area (Å²) in [6.07, 6.45) is -4.73. The van der Waals surface area contributed by atoms with E-state index < -0.39 is 45.3 Å². The Morgan fingerprint density at radius 2 is 1.83 bits per heavy atom. The van der Waals surface area contributed by atoms with Crippen LogP contribution in [0, 0.1) is 0 Å². The number of hydrogen-bond donors (Lipinski definition) is 2. The van der Waals surface area contributed by atoms with Gasteiger partial charge in [0.05, 0.1) is 22.6 Å². The van der Waals surface area contributed by atoms with E-state index in [1.807, 2.05) is 0 Å². The molecule has 0 atom stereocenters. The highest BCUT2D eigenvalue weighted by molar-refractivity contribution is 7.89. The second-order valence-electron chi connectivity index (χ2n) is 5.72. The molecule has 1 amide bonds. The number of sulfonamides is 1. The Morgan fingerprint density at radius 3 is 2.40 bits per heavy atom. The molecule has 0 aromatic heterocycles. The minimum absolute atomic E-state index is 0.0414. The molecule has 2 aromatic rings. The highest BCUT2D eigenvalue weighted by Crippen LogP contribution is 2.36. The molecule has 3 N–H and O–H groups in total. The molecule has 0 saturated carbocycles. The van der Waals surface area contributed by atoms with Crippen molar-refractivity contribution in [3.63, 3.8) is 0 Å². The van der Waals surface area contributed by atoms with Crippen LogP contribution in [0.3, 0.4) is 0 Å². The van der Waals surface area contributed by atoms with Gasteiger partial charge in [-0.2, -0.15) is 13.2 Å². The van der Waals surface area contributed by atoms with Crippen molar-refractivity contribution in [2.24, 2.45) is 5.14 Å². The second kappa shape index (κ2) is 8.90. The highest BCUT2D eigenvalue weighted by Gasteiger charge is 2.33. The number of anilines is 1. The summed E-state index contributed by atoms with van der Waals surface area (Å²) in [5.74, 6) is -2.10. The normalized spacial score (nSPS) is 11.7. The molecule has 13 heteroatoms. The molecule has 2 rings (SSSR count). The summed E-state index contributed by atoms with van der Waals surface area (Å²) in [6.45, 7) is -0.869. The number of hydrogen-bond acceptors (Lipinski definition) is 6. The van der Waals surface area contributed by atoms with E-state index in [0.29, 0.717) is 6.07 Å². The number of halogens is 4. The molecule has 0 aliphatic heterocycles. The van der Waals surface area contributed by atoms with Crippen LogP contribution < -0.4 is 15.2 Å². The predicted octanol–water partition coefficient (Wildman–Crippen LogP) is 2.81. The first-order chi connectivity index (χ1) is 13.8. The van der Waals surface area contributed by atoms with E-state index >= 15 is 0 Å². The van der Waals surface area contributed by atoms with E-state index in [1.54, 1.807) is 0 Å². The maximum atomic E-state index is 12.9. The van der Waals surface area contributed by atoms with Crippen molar-refractivity contribution in [2.75, 3.05) is 19.0 Å². The standard InChI is InChI=1S/C17H14ClF3N2O6S/c1-28-14-5-3-10(30(22,26)27)7-11(14)16(25)29-8-15(24)23-9-2-4-13(18)12(6-9)17(19,20)21/h2-7H,8H2,1H3,(H,23,24)(H2,22,26,27). The zero-order chi connectivity index (χ0) is 22.7. The Balaban J connectivity index is 2.11. The third kappa shape index (κ3) is 5.84. The fourth-order valence-electron chi connectivity index (χ4n) is 2.25. The van der Waals surface area contributed by atoms with Gasteiger partial charge in [0.1, 0.15) is 11.3 Å². The van der Waals surface area contributed by atoms with Crippen LogP contribution in [0.4, 0.5) is 18.9 Å². The number of nitrogens with one attached hydrogen (secondary N) is 1. The lowest BCUT2D eigenvalue weighted by Crippen LogP contribution is -2.22. The minimum atomic E-state index is -4.73. The van der Waals surface area contributed by atoms with Gasteiger partial charge in [-0.15, -0.1) is 0 Å². The fourth-order valence-corrected chi connectivity index (χ4v) is 3.01. The van der Waals surface area contributed by atoms with Crippen LogP contribution in [0.5, 0.6) is 5.75 Å². The molecule has 0 saturated heterocycles. The van der Waals surface area contributed by atoms with Gasteiger partial charge in [0, 0.05) is 5.69 Å². The molecular formula is C17H14ClF3N2O6S. The smallest absolute Gasteiger partial charge is 0.417 e. The summed E-state index contributed by atoms with van der Waals surface area (Å²) in [7, 11) is -2.90. The summed E-state index contributed by atoms with van der Waals surface area (Å²) in [5, 5.41) is 6.59. The van der Waals surface area contributed by atoms with E-state index in [9.17, 15) is 31.2 Å². The average Bonchev–Trinajstić information content (AvgIpc) is 2.65. The third-order valence-electron chi connectivity index (χ3n) is 3.61. The number of alkyl halides is 3. The van der Waals surface area contributed by atoms with Gasteiger partial charge in [-0.05, 0) is 36.4 Å². The Morgan fingerprint density at radius 1 is 1.17 bits per heavy atom. The van der Waals surface area contributed by atoms with Gasteiger partial charge in [-0.25, -0.2) is 18.4 Å². The van der Waals surface area contributed by atoms with Gasteiger partial charge >= 0.3 is 12.1 Å². The molecular weight excluding hydrogens is 453 g/mol. The molecule has 8 nitrogen and oxygen atoms in total. The molecule has 0 heterocycles. The van der Waals surface area contributed by atoms with Crippen LogP contribution in [-0.4, -0.2) is 34.0 Å². The van der Waals surface area contributed by atoms with E-state index in [1.165, 1.54) is 13.2 Å². The first kappa shape index (κ1) is 23.4. The second-order valence-corrected chi connectivity index (χ2v) is 7.69. The number of carbonyl (C=O) groups excluding carboxylic acids is 2. The molecule has 0 aliphatic carbocycles. The number of esters is 1. The zero-order valence-electron chi connectivity index (χ0n) is 15.1. The Bertz CT molecular complexity index is 1090. The molecule has 0 radical (unpaired) electrons. The van der Waals surface area contributed by atoms with Gasteiger partial charge in [0.2, 0.25) is 10.0 Å². The van der Waals surface area contributed by atoms with Gasteiger partial charge in [-0.3, -0.25) is 4.79 Å². The molecule has 0 fully saturated rings. The van der Waals surface area contributed by atoms with Gasteiger partial charge in [0.15, 0.2) is 6.61 Å². The Labute approximate surface area is 173 Å². The Hall–Kier alpha value is -2.83. The van der Waals surface area contributed by atoms with Crippen molar-refractivity contribution in [1.29, 1.82) is 0 Å². The summed E-state index contributed by atoms with van der Waals surface area (Å²) < 4.78 is 71.2. The summed E-state index contributed by atoms with van der Waals surface area (Å²) in [5.41, 5.74) is -1.69. The zero-order valence-corrected chi connectivity index (χ0v) is 16.7. The lowest BCUT2D eigenvalue weighted by Gasteiger charge is -2.12. The molecule has 0 aliphatic rings. The monoisotopic (exact) mass is 466 g/mol. The lowest BCUT2D eigenvalue weighted by molar-refractivity contribution is -0.137. The van der Waals surface area contributed by atoms with Crippen molar-refractivity contribution in [3.8, 4) is 5.75 Å². The fraction of sp³-hybridized carbons (Fsp3) is 0.176. The number of nitrogens with two attached hydrogens (primary N) is 1. The number of benzene rings is 2. The molecule has 30 heavy (non-hydrogen) atoms. The van der Waals surface area contributed by atoms with Crippen molar-refractivity contribution < 1.29 is 40.7 Å². The number of methoxy groups -OCH3 is 1.